The summed E-state index contributed by atoms with van der Waals surface area (Å²) in [6.07, 6.45) is 31.1. The van der Waals surface area contributed by atoms with Crippen LogP contribution in [-0.2, 0) is 11.3 Å². The maximum atomic E-state index is 14.4. The van der Waals surface area contributed by atoms with E-state index in [4.69, 9.17) is 20.1 Å². The summed E-state index contributed by atoms with van der Waals surface area (Å²) in [5.41, 5.74) is 13.2. The zero-order chi connectivity index (χ0) is 49.6. The van der Waals surface area contributed by atoms with Crippen molar-refractivity contribution < 1.29 is 19.4 Å². The molecule has 0 atom stereocenters. The minimum absolute atomic E-state index is 0.0678. The molecule has 0 fully saturated rings. The van der Waals surface area contributed by atoms with Gasteiger partial charge in [-0.3, -0.25) is 4.79 Å². The maximum Gasteiger partial charge on any atom is 0.395 e. The predicted octanol–water partition coefficient (Wildman–Crippen LogP) is 12.6. The average molecular weight is 954 g/mol. The average Bonchev–Trinajstić information content (AvgIpc) is 3.39. The SMILES string of the molecule is CC/C=C\c1ccc(=C2C(=O)C(c3ccc4cccc(N[B]c5ccc(OCCCCCCCCCCCC)cc5)c4c3N)=C2O)c2c1CNB(c1ccc(OCCCCCCCCCCCC)cc1)N=2. The predicted molar refractivity (Wildman–Crippen MR) is 302 cm³/mol. The molecule has 71 heavy (non-hydrogen) atoms. The van der Waals surface area contributed by atoms with E-state index < -0.39 is 0 Å². The molecule has 1 heterocycles. The Morgan fingerprint density at radius 1 is 0.690 bits per heavy atom. The van der Waals surface area contributed by atoms with Crippen molar-refractivity contribution in [3.8, 4) is 11.5 Å². The van der Waals surface area contributed by atoms with Gasteiger partial charge in [0.05, 0.1) is 29.7 Å². The molecule has 0 amide bonds. The minimum atomic E-state index is -0.339. The molecule has 0 spiro atoms. The maximum absolute atomic E-state index is 14.4. The lowest BCUT2D eigenvalue weighted by Gasteiger charge is -2.25. The molecule has 373 valence electrons. The van der Waals surface area contributed by atoms with Crippen LogP contribution in [0.3, 0.4) is 0 Å². The highest BCUT2D eigenvalue weighted by molar-refractivity contribution is 6.69. The van der Waals surface area contributed by atoms with Gasteiger partial charge in [0.1, 0.15) is 17.3 Å². The summed E-state index contributed by atoms with van der Waals surface area (Å²) in [4.78, 5) is 19.6. The number of aliphatic hydroxyl groups excluding tert-OH is 1. The number of nitrogens with one attached hydrogen (secondary N) is 2. The zero-order valence-electron chi connectivity index (χ0n) is 43.1. The molecule has 0 unspecified atom stereocenters. The highest BCUT2D eigenvalue weighted by Gasteiger charge is 2.37. The summed E-state index contributed by atoms with van der Waals surface area (Å²) in [6, 6.07) is 29.9. The van der Waals surface area contributed by atoms with Gasteiger partial charge in [-0.05, 0) is 71.6 Å². The number of aliphatic hydroxyl groups is 1. The molecule has 8 nitrogen and oxygen atoms in total. The van der Waals surface area contributed by atoms with E-state index in [2.05, 4.69) is 55.5 Å². The topological polar surface area (TPSA) is 118 Å². The first-order chi connectivity index (χ1) is 34.9. The Bertz CT molecular complexity index is 2680. The summed E-state index contributed by atoms with van der Waals surface area (Å²) >= 11 is 0. The molecular weight excluding hydrogens is 874 g/mol. The number of hydrogen-bond acceptors (Lipinski definition) is 8. The number of anilines is 2. The molecule has 2 aliphatic rings. The molecule has 5 N–H and O–H groups in total. The van der Waals surface area contributed by atoms with Gasteiger partial charge in [-0.1, -0.05) is 215 Å². The number of unbranched alkanes of at least 4 members (excludes halogenated alkanes) is 18. The molecule has 0 aromatic heterocycles. The number of nitrogens with two attached hydrogens (primary N) is 1. The second-order valence-electron chi connectivity index (χ2n) is 19.6. The van der Waals surface area contributed by atoms with E-state index in [1.54, 1.807) is 0 Å². The first kappa shape index (κ1) is 53.1. The zero-order valence-corrected chi connectivity index (χ0v) is 43.1. The Kier molecular flexibility index (Phi) is 21.2. The molecule has 5 aromatic rings. The normalized spacial score (nSPS) is 14.2. The Balaban J connectivity index is 1.01. The molecule has 0 saturated heterocycles. The Hall–Kier alpha value is -5.73. The fraction of sp³-hybridized carbons (Fsp3) is 0.443. The number of rotatable bonds is 31. The number of allylic oxidation sites excluding steroid dienone is 3. The Morgan fingerprint density at radius 3 is 1.85 bits per heavy atom. The number of Topliss-reactive ketones (excluding diaryl/α,β-unsaturated/α-hetero) is 1. The molecule has 5 aromatic carbocycles. The van der Waals surface area contributed by atoms with Crippen LogP contribution in [0.15, 0.2) is 108 Å². The van der Waals surface area contributed by atoms with Crippen LogP contribution in [-0.4, -0.2) is 38.5 Å². The number of carbonyl (C=O) groups is 1. The fourth-order valence-electron chi connectivity index (χ4n) is 9.93. The summed E-state index contributed by atoms with van der Waals surface area (Å²) in [5.74, 6) is 1.40. The Labute approximate surface area is 426 Å². The van der Waals surface area contributed by atoms with Gasteiger partial charge in [0.25, 0.3) is 7.41 Å². The second kappa shape index (κ2) is 28.3. The van der Waals surface area contributed by atoms with Gasteiger partial charge in [-0.25, -0.2) is 0 Å². The van der Waals surface area contributed by atoms with E-state index in [0.717, 1.165) is 75.9 Å². The van der Waals surface area contributed by atoms with Crippen LogP contribution in [0.2, 0.25) is 0 Å². The van der Waals surface area contributed by atoms with Crippen molar-refractivity contribution in [3.63, 3.8) is 0 Å². The first-order valence-corrected chi connectivity index (χ1v) is 27.4. The summed E-state index contributed by atoms with van der Waals surface area (Å²) in [5, 5.41) is 22.0. The molecule has 1 aliphatic carbocycles. The lowest BCUT2D eigenvalue weighted by molar-refractivity contribution is -0.109. The lowest BCUT2D eigenvalue weighted by Crippen LogP contribution is -2.52. The van der Waals surface area contributed by atoms with Gasteiger partial charge >= 0.3 is 6.98 Å². The smallest absolute Gasteiger partial charge is 0.395 e. The van der Waals surface area contributed by atoms with E-state index in [9.17, 15) is 9.90 Å². The third-order valence-electron chi connectivity index (χ3n) is 14.1. The van der Waals surface area contributed by atoms with Crippen molar-refractivity contribution >= 4 is 70.5 Å². The van der Waals surface area contributed by atoms with E-state index in [-0.39, 0.29) is 29.7 Å². The van der Waals surface area contributed by atoms with Gasteiger partial charge in [0.15, 0.2) is 0 Å². The van der Waals surface area contributed by atoms with Crippen molar-refractivity contribution in [3.05, 3.63) is 130 Å². The number of nitrogen functional groups attached to an aromatic ring is 1. The van der Waals surface area contributed by atoms with Gasteiger partial charge < -0.3 is 35.7 Å². The highest BCUT2D eigenvalue weighted by Crippen LogP contribution is 2.42. The van der Waals surface area contributed by atoms with Crippen LogP contribution in [0.1, 0.15) is 172 Å². The lowest BCUT2D eigenvalue weighted by atomic mass is 9.67. The number of fused-ring (bicyclic) bond motifs is 2. The Morgan fingerprint density at radius 2 is 1.27 bits per heavy atom. The van der Waals surface area contributed by atoms with Gasteiger partial charge in [-0.15, -0.1) is 0 Å². The number of hydrogen-bond donors (Lipinski definition) is 4. The monoisotopic (exact) mass is 954 g/mol. The number of benzene rings is 5. The minimum Gasteiger partial charge on any atom is -0.506 e. The molecule has 7 rings (SSSR count). The van der Waals surface area contributed by atoms with Crippen LogP contribution in [0.5, 0.6) is 11.5 Å². The third-order valence-corrected chi connectivity index (χ3v) is 14.1. The van der Waals surface area contributed by atoms with Crippen LogP contribution >= 0.6 is 0 Å². The van der Waals surface area contributed by atoms with Crippen molar-refractivity contribution in [1.29, 1.82) is 0 Å². The molecule has 1 aliphatic heterocycles. The molecule has 0 bridgehead atoms. The van der Waals surface area contributed by atoms with Crippen molar-refractivity contribution in [2.24, 2.45) is 4.90 Å². The van der Waals surface area contributed by atoms with Gasteiger partial charge in [0, 0.05) is 34.1 Å². The van der Waals surface area contributed by atoms with Crippen LogP contribution in [0.25, 0.3) is 28.0 Å². The molecule has 10 heteroatoms. The standard InChI is InChI=1S/C61H79B2N4O4/c1-4-7-10-12-14-16-18-20-22-24-42-70-49-36-32-47(33-37-49)62-66-54-29-26-28-46-31-40-51(58(64)55(46)54)56-60(68)57(61(56)69)52-41-30-45(27-9-6-3)53-44-65-63(67-59(52)53)48-34-38-50(39-35-48)71-43-25-23-21-19-17-15-13-11-8-5-2/h9,26-41,65-66,68H,4-8,10-25,42-44,64H2,1-3H3/b27-9-,57-52?. The van der Waals surface area contributed by atoms with E-state index >= 15 is 0 Å². The molecule has 0 saturated carbocycles. The van der Waals surface area contributed by atoms with E-state index in [1.807, 2.05) is 86.3 Å². The summed E-state index contributed by atoms with van der Waals surface area (Å²) in [6.45, 7) is 8.30. The number of nitrogens with zero attached hydrogens (tertiary/aromatic N) is 1. The largest absolute Gasteiger partial charge is 0.506 e. The van der Waals surface area contributed by atoms with Crippen LogP contribution < -0.4 is 47.2 Å². The summed E-state index contributed by atoms with van der Waals surface area (Å²) in [7, 11) is 1.94. The van der Waals surface area contributed by atoms with Crippen LogP contribution in [0.4, 0.5) is 11.4 Å². The summed E-state index contributed by atoms with van der Waals surface area (Å²) < 4.78 is 12.2. The number of carbonyl (C=O) groups excluding carboxylic acids is 1. The van der Waals surface area contributed by atoms with Crippen LogP contribution in [0, 0.1) is 0 Å². The van der Waals surface area contributed by atoms with E-state index in [1.165, 1.54) is 116 Å². The number of ketones is 1. The fourth-order valence-corrected chi connectivity index (χ4v) is 9.93. The van der Waals surface area contributed by atoms with Crippen molar-refractivity contribution in [2.75, 3.05) is 24.2 Å². The quantitative estimate of drug-likeness (QED) is 0.0198. The molecular formula is C61H79B2N4O4. The van der Waals surface area contributed by atoms with Crippen molar-refractivity contribution in [1.82, 2.24) is 5.23 Å². The molecule has 1 radical (unpaired) electrons. The highest BCUT2D eigenvalue weighted by atomic mass is 16.5. The van der Waals surface area contributed by atoms with Crippen molar-refractivity contribution in [2.45, 2.75) is 162 Å². The van der Waals surface area contributed by atoms with E-state index in [0.29, 0.717) is 35.0 Å². The first-order valence-electron chi connectivity index (χ1n) is 27.4. The van der Waals surface area contributed by atoms with Gasteiger partial charge in [-0.2, -0.15) is 0 Å². The number of ether oxygens (including phenoxy) is 2. The van der Waals surface area contributed by atoms with Gasteiger partial charge in [0.2, 0.25) is 5.78 Å². The second-order valence-corrected chi connectivity index (χ2v) is 19.6. The third kappa shape index (κ3) is 14.7.